The number of halogens is 3. The molecule has 4 amide bonds. The van der Waals surface area contributed by atoms with Crippen LogP contribution in [-0.2, 0) is 18.9 Å². The van der Waals surface area contributed by atoms with Gasteiger partial charge in [0.1, 0.15) is 22.7 Å². The van der Waals surface area contributed by atoms with Crippen molar-refractivity contribution in [1.82, 2.24) is 118 Å². The molecule has 4 aliphatic carbocycles. The van der Waals surface area contributed by atoms with Gasteiger partial charge in [-0.2, -0.15) is 5.10 Å². The van der Waals surface area contributed by atoms with Crippen LogP contribution in [-0.4, -0.2) is 237 Å². The van der Waals surface area contributed by atoms with E-state index in [1.807, 2.05) is 25.4 Å². The molecule has 0 bridgehead atoms. The van der Waals surface area contributed by atoms with Crippen LogP contribution in [0, 0.1) is 17.5 Å². The Labute approximate surface area is 795 Å². The second-order valence-corrected chi connectivity index (χ2v) is 32.8. The van der Waals surface area contributed by atoms with E-state index in [0.29, 0.717) is 83.5 Å². The van der Waals surface area contributed by atoms with E-state index in [0.717, 1.165) is 87.0 Å². The third kappa shape index (κ3) is 18.9. The fourth-order valence-electron chi connectivity index (χ4n) is 16.5. The van der Waals surface area contributed by atoms with Gasteiger partial charge in [-0.25, -0.2) is 71.1 Å². The number of methoxy groups -OCH3 is 3. The second-order valence-electron chi connectivity index (χ2n) is 32.8. The van der Waals surface area contributed by atoms with E-state index < -0.39 is 90.4 Å². The summed E-state index contributed by atoms with van der Waals surface area (Å²) in [5.74, 6) is -3.30. The first-order valence-electron chi connectivity index (χ1n) is 47.3. The van der Waals surface area contributed by atoms with E-state index in [2.05, 4.69) is 130 Å². The monoisotopic (exact) mass is 1900 g/mol. The van der Waals surface area contributed by atoms with Gasteiger partial charge < -0.3 is 87.1 Å². The highest BCUT2D eigenvalue weighted by Gasteiger charge is 2.38. The highest BCUT2D eigenvalue weighted by atomic mass is 19.1. The summed E-state index contributed by atoms with van der Waals surface area (Å²) in [7, 11) is 3.38. The molecule has 21 rings (SSSR count). The molecule has 16 aromatic heterocycles. The molecule has 46 heteroatoms. The summed E-state index contributed by atoms with van der Waals surface area (Å²) >= 11 is 0. The van der Waals surface area contributed by atoms with Crippen molar-refractivity contribution in [2.45, 2.75) is 119 Å². The van der Waals surface area contributed by atoms with Crippen LogP contribution in [0.25, 0.3) is 62.3 Å². The Kier molecular flexibility index (Phi) is 25.0. The Balaban J connectivity index is 0.000000127. The quantitative estimate of drug-likeness (QED) is 0.0241. The number of carbonyl (C=O) groups excluding carboxylic acids is 4. The molecule has 1 saturated heterocycles. The van der Waals surface area contributed by atoms with Crippen LogP contribution in [0.1, 0.15) is 120 Å². The maximum atomic E-state index is 14.2. The van der Waals surface area contributed by atoms with Gasteiger partial charge in [-0.1, -0.05) is 0 Å². The Hall–Kier alpha value is -16.5. The Bertz CT molecular complexity index is 7550. The van der Waals surface area contributed by atoms with Gasteiger partial charge in [-0.3, -0.25) is 47.3 Å². The van der Waals surface area contributed by atoms with Crippen LogP contribution in [0.15, 0.2) is 198 Å². The third-order valence-electron chi connectivity index (χ3n) is 24.6. The van der Waals surface area contributed by atoms with Gasteiger partial charge in [0.25, 0.3) is 40.3 Å². The zero-order chi connectivity index (χ0) is 102. The number of aliphatic hydroxyl groups is 1. The second kappa shape index (κ2) is 40.6. The summed E-state index contributed by atoms with van der Waals surface area (Å²) in [6.45, 7) is 1.48. The van der Waals surface area contributed by atoms with E-state index in [9.17, 15) is 51.8 Å². The molecule has 0 radical (unpaired) electrons. The molecule has 4 saturated carbocycles. The number of hydrogen-bond donors (Lipinski definition) is 12. The number of aromatic nitrogens is 20. The summed E-state index contributed by atoms with van der Waals surface area (Å²) in [6, 6.07) is 27.1. The molecule has 17 heterocycles. The molecule has 139 heavy (non-hydrogen) atoms. The maximum Gasteiger partial charge on any atom is 0.280 e. The number of amides is 4. The topological polar surface area (TPSA) is 501 Å². The molecule has 1 aliphatic heterocycles. The molecule has 43 nitrogen and oxygen atoms in total. The van der Waals surface area contributed by atoms with E-state index in [1.165, 1.54) is 124 Å². The number of imidazole rings is 4. The number of aliphatic hydroxyl groups excluding tert-OH is 1. The number of ether oxygens (including phenoxy) is 4. The number of anilines is 10. The van der Waals surface area contributed by atoms with Gasteiger partial charge >= 0.3 is 0 Å². The molecule has 0 aromatic carbocycles. The predicted octanol–water partition coefficient (Wildman–Crippen LogP) is 8.71. The van der Waals surface area contributed by atoms with Crippen molar-refractivity contribution in [1.29, 1.82) is 0 Å². The van der Waals surface area contributed by atoms with Crippen LogP contribution in [0.5, 0.6) is 0 Å². The van der Waals surface area contributed by atoms with Crippen molar-refractivity contribution in [3.63, 3.8) is 0 Å². The fourth-order valence-corrected chi connectivity index (χ4v) is 16.5. The summed E-state index contributed by atoms with van der Waals surface area (Å²) in [4.78, 5) is 125. The zero-order valence-corrected chi connectivity index (χ0v) is 75.0. The van der Waals surface area contributed by atoms with E-state index in [4.69, 9.17) is 32.3 Å². The number of carbonyl (C=O) groups is 4. The number of rotatable bonds is 26. The largest absolute Gasteiger partial charge is 0.391 e. The molecular weight excluding hydrogens is 1800 g/mol. The third-order valence-corrected chi connectivity index (χ3v) is 24.6. The van der Waals surface area contributed by atoms with Crippen molar-refractivity contribution in [2.75, 3.05) is 99.8 Å². The molecule has 0 spiro atoms. The van der Waals surface area contributed by atoms with Gasteiger partial charge in [-0.05, 0) is 155 Å². The van der Waals surface area contributed by atoms with Crippen molar-refractivity contribution in [3.8, 4) is 28.7 Å². The predicted molar refractivity (Wildman–Crippen MR) is 508 cm³/mol. The van der Waals surface area contributed by atoms with Crippen molar-refractivity contribution in [2.24, 2.45) is 0 Å². The number of nitrogens with one attached hydrogen (secondary N) is 11. The molecule has 5 aliphatic rings. The van der Waals surface area contributed by atoms with Crippen LogP contribution in [0.4, 0.5) is 70.4 Å². The minimum atomic E-state index is -2.56. The molecule has 5 fully saturated rings. The lowest BCUT2D eigenvalue weighted by Crippen LogP contribution is -2.51. The first-order valence-corrected chi connectivity index (χ1v) is 44.3. The van der Waals surface area contributed by atoms with E-state index >= 15 is 0 Å². The molecule has 8 atom stereocenters. The normalized spacial score (nSPS) is 18.9. The minimum absolute atomic E-state index is 0.0135. The molecule has 16 aromatic rings. The first-order chi connectivity index (χ1) is 69.9. The van der Waals surface area contributed by atoms with Crippen LogP contribution >= 0.6 is 0 Å². The Morgan fingerprint density at radius 3 is 1.10 bits per heavy atom. The maximum absolute atomic E-state index is 14.2. The Morgan fingerprint density at radius 2 is 0.763 bits per heavy atom. The van der Waals surface area contributed by atoms with Gasteiger partial charge in [0, 0.05) is 147 Å². The molecule has 12 N–H and O–H groups in total. The number of fused-ring (bicyclic) bond motifs is 5. The highest BCUT2D eigenvalue weighted by molar-refractivity contribution is 5.98. The molecule has 2 unspecified atom stereocenters. The first kappa shape index (κ1) is 85.5. The lowest BCUT2D eigenvalue weighted by atomic mass is 9.89. The lowest BCUT2D eigenvalue weighted by Gasteiger charge is -2.35. The molecular formula is C93H96F3N31O12. The summed E-state index contributed by atoms with van der Waals surface area (Å²) < 4.78 is 118. The van der Waals surface area contributed by atoms with Crippen LogP contribution < -0.4 is 75.2 Å². The SMILES string of the molecule is CNc1cc(-c2cn(C3CCOCC3)c3ncccc23)nn2c(C(=O)NC3CC[C@H]3O)cnc12.CNc1cc(Nc2cccn(-c3ncccc3F)c2=O)nn2c(C(=O)NC3CC[C@@H]3OC)cnc12.[2H]C([2H])([2H])O[C@@H]1CC[C@H]1NC(=O)c1cnc2c(NC)cc(Nc3cccn(-c4ncccc4F)c3=O)nn12.[2H]C([2H])([2H])O[C@H]1CC[C@@H]1NC(=O)c1cnc2c(NC)cc(Nc3cccn(-c4ncccc4F)c3=O)nn12. The summed E-state index contributed by atoms with van der Waals surface area (Å²) in [5, 5.41) is 61.5. The van der Waals surface area contributed by atoms with E-state index in [1.54, 1.807) is 75.2 Å². The number of nitrogens with zero attached hydrogens (tertiary/aromatic N) is 20. The summed E-state index contributed by atoms with van der Waals surface area (Å²) in [5.41, 5.74) is 6.15. The van der Waals surface area contributed by atoms with Gasteiger partial charge in [0.15, 0.2) is 97.7 Å². The van der Waals surface area contributed by atoms with Gasteiger partial charge in [0.05, 0.1) is 110 Å². The fraction of sp³-hybridized carbons (Fsp3) is 0.301. The van der Waals surface area contributed by atoms with Gasteiger partial charge in [0.2, 0.25) is 0 Å². The zero-order valence-electron chi connectivity index (χ0n) is 81.0. The van der Waals surface area contributed by atoms with Crippen molar-refractivity contribution < 1.29 is 64.6 Å². The number of hydrogen-bond acceptors (Lipinski definition) is 31. The smallest absolute Gasteiger partial charge is 0.280 e. The standard InChI is InChI=1S/C24H27N7O3.3C23H23FN8O3/c1-25-19-11-18(29-31-20(12-27-23(19)31)24(33)28-17-4-5-21(17)32)16-13-30(14-6-9-34-10-7-14)22-15(16)3-2-8-26-22;3*1-25-16-11-19(28-15-6-4-10-31(23(15)34)20-13(24)5-3-9-26-20)30-32-17(12-27-21(16)32)22(33)29-14-7-8-18(14)35-2/h2-3,8,11-14,17,21,25,32H,4-7,9-10H2,1H3,(H,28,33);3*3-6,9-12,14,18,25H,7-8H2,1-2H3,(H,28,30)(H,29,33)/t17?,21-;14?,18-;2*14-,18-/m1010/s1/i;;2*2D3. The molecule has 716 valence electrons. The lowest BCUT2D eigenvalue weighted by molar-refractivity contribution is 0.00717. The number of pyridine rings is 7. The average molecular weight is 1900 g/mol. The van der Waals surface area contributed by atoms with Crippen LogP contribution in [0.3, 0.4) is 0 Å². The van der Waals surface area contributed by atoms with Gasteiger partial charge in [-0.15, -0.1) is 15.3 Å². The van der Waals surface area contributed by atoms with E-state index in [-0.39, 0.29) is 99.1 Å². The van der Waals surface area contributed by atoms with Crippen molar-refractivity contribution in [3.05, 3.63) is 255 Å². The van der Waals surface area contributed by atoms with Crippen LogP contribution in [0.2, 0.25) is 0 Å². The Morgan fingerprint density at radius 1 is 0.410 bits per heavy atom. The highest BCUT2D eigenvalue weighted by Crippen LogP contribution is 2.37. The summed E-state index contributed by atoms with van der Waals surface area (Å²) in [6.07, 6.45) is 23.5. The minimum Gasteiger partial charge on any atom is -0.391 e. The average Bonchev–Trinajstić information content (AvgIpc) is 1.60. The van der Waals surface area contributed by atoms with Crippen molar-refractivity contribution >= 4 is 115 Å².